The number of ether oxygens (including phenoxy) is 3. The van der Waals surface area contributed by atoms with Gasteiger partial charge in [-0.2, -0.15) is 9.97 Å². The highest BCUT2D eigenvalue weighted by molar-refractivity contribution is 7.22. The molecule has 1 unspecified atom stereocenters. The van der Waals surface area contributed by atoms with Crippen molar-refractivity contribution in [2.75, 3.05) is 56.2 Å². The average molecular weight is 735 g/mol. The van der Waals surface area contributed by atoms with Gasteiger partial charge in [0, 0.05) is 36.0 Å². The lowest BCUT2D eigenvalue weighted by molar-refractivity contribution is -0.0123. The molecule has 3 aliphatic heterocycles. The van der Waals surface area contributed by atoms with Gasteiger partial charge in [0.2, 0.25) is 0 Å². The maximum atomic E-state index is 17.0. The van der Waals surface area contributed by atoms with Crippen LogP contribution in [-0.4, -0.2) is 100.0 Å². The minimum Gasteiger partial charge on any atom is -0.461 e. The summed E-state index contributed by atoms with van der Waals surface area (Å²) < 4.78 is 63.8. The van der Waals surface area contributed by atoms with Crippen molar-refractivity contribution in [3.8, 4) is 17.1 Å². The Bertz CT molecular complexity index is 1980. The fourth-order valence-electron chi connectivity index (χ4n) is 7.17. The summed E-state index contributed by atoms with van der Waals surface area (Å²) in [6, 6.07) is 3.96. The normalized spacial score (nSPS) is 24.5. The van der Waals surface area contributed by atoms with Gasteiger partial charge in [0.05, 0.1) is 40.5 Å². The first kappa shape index (κ1) is 34.9. The molecule has 50 heavy (non-hydrogen) atoms. The number of thiazole rings is 1. The number of alkyl halides is 1. The van der Waals surface area contributed by atoms with Gasteiger partial charge in [-0.3, -0.25) is 10.2 Å². The third kappa shape index (κ3) is 6.77. The lowest BCUT2D eigenvalue weighted by Gasteiger charge is -2.31. The predicted octanol–water partition coefficient (Wildman–Crippen LogP) is 6.73. The van der Waals surface area contributed by atoms with Crippen molar-refractivity contribution < 1.29 is 37.3 Å². The number of aliphatic hydroxyl groups is 1. The van der Waals surface area contributed by atoms with Gasteiger partial charge in [0.1, 0.15) is 41.1 Å². The van der Waals surface area contributed by atoms with E-state index in [0.717, 1.165) is 30.7 Å². The summed E-state index contributed by atoms with van der Waals surface area (Å²) in [4.78, 5) is 30.0. The number of hydrogen-bond acceptors (Lipinski definition) is 11. The first-order valence-corrected chi connectivity index (χ1v) is 17.7. The fraction of sp³-hybridized carbons (Fsp3) is 0.529. The predicted molar refractivity (Wildman–Crippen MR) is 185 cm³/mol. The Labute approximate surface area is 295 Å². The third-order valence-electron chi connectivity index (χ3n) is 9.20. The number of anilines is 2. The van der Waals surface area contributed by atoms with Crippen LogP contribution in [-0.2, 0) is 9.47 Å². The summed E-state index contributed by atoms with van der Waals surface area (Å²) in [5.74, 6) is -1.17. The van der Waals surface area contributed by atoms with Crippen LogP contribution in [0.25, 0.3) is 32.2 Å². The van der Waals surface area contributed by atoms with Crippen LogP contribution in [0.5, 0.6) is 6.01 Å². The molecule has 2 aromatic carbocycles. The first-order valence-electron chi connectivity index (χ1n) is 16.5. The molecular formula is C34H38ClF3N6O5S. The van der Waals surface area contributed by atoms with Crippen LogP contribution >= 0.6 is 22.9 Å². The Morgan fingerprint density at radius 2 is 2.02 bits per heavy atom. The molecule has 0 saturated carbocycles. The van der Waals surface area contributed by atoms with Gasteiger partial charge >= 0.3 is 12.1 Å². The van der Waals surface area contributed by atoms with Gasteiger partial charge in [-0.15, -0.1) is 0 Å². The van der Waals surface area contributed by atoms with Gasteiger partial charge in [0.15, 0.2) is 10.9 Å². The molecule has 5 heterocycles. The SMILES string of the molecule is CC1(O)COCCN(c2nc(OC[C@@]34CCCN3C[C@H](F)C4)nc3c(F)c(-c4ccc(F)c5sc(NC(=O)OC(C)(C)C)nc45)c(Cl)cc23)C1. The molecule has 1 amide bonds. The van der Waals surface area contributed by atoms with Gasteiger partial charge in [-0.1, -0.05) is 22.9 Å². The molecule has 7 rings (SSSR count). The highest BCUT2D eigenvalue weighted by Gasteiger charge is 2.49. The highest BCUT2D eigenvalue weighted by atomic mass is 35.5. The van der Waals surface area contributed by atoms with E-state index in [2.05, 4.69) is 20.2 Å². The summed E-state index contributed by atoms with van der Waals surface area (Å²) in [7, 11) is 0. The summed E-state index contributed by atoms with van der Waals surface area (Å²) in [6.45, 7) is 8.80. The zero-order valence-corrected chi connectivity index (χ0v) is 29.7. The van der Waals surface area contributed by atoms with Gasteiger partial charge in [-0.05, 0) is 65.3 Å². The van der Waals surface area contributed by atoms with Crippen molar-refractivity contribution in [1.29, 1.82) is 0 Å². The molecular weight excluding hydrogens is 697 g/mol. The Morgan fingerprint density at radius 3 is 2.80 bits per heavy atom. The highest BCUT2D eigenvalue weighted by Crippen LogP contribution is 2.44. The number of nitrogens with one attached hydrogen (secondary N) is 1. The molecule has 4 aromatic rings. The number of β-amino-alcohol motifs (C(OH)–C–C–N with tert-alkyl or cyclic N) is 1. The number of carbonyl (C=O) groups is 1. The number of halogens is 4. The monoisotopic (exact) mass is 734 g/mol. The van der Waals surface area contributed by atoms with E-state index < -0.39 is 40.6 Å². The number of rotatable bonds is 6. The van der Waals surface area contributed by atoms with Crippen LogP contribution in [0.4, 0.5) is 28.9 Å². The molecule has 2 N–H and O–H groups in total. The summed E-state index contributed by atoms with van der Waals surface area (Å²) in [5, 5.41) is 13.8. The molecule has 3 fully saturated rings. The Morgan fingerprint density at radius 1 is 1.22 bits per heavy atom. The molecule has 2 aromatic heterocycles. The Balaban J connectivity index is 1.34. The zero-order chi connectivity index (χ0) is 35.6. The van der Waals surface area contributed by atoms with Gasteiger partial charge in [0.25, 0.3) is 0 Å². The van der Waals surface area contributed by atoms with E-state index in [4.69, 9.17) is 30.8 Å². The van der Waals surface area contributed by atoms with Crippen molar-refractivity contribution in [3.05, 3.63) is 34.9 Å². The standard InChI is InChI=1S/C34H38ClF3N6O5S/c1-32(2,3)49-31(45)42-30-40-26-19(6-7-22(37)27(26)50-30)23-21(35)12-20-25(24(23)38)39-29(41-28(20)43-10-11-47-16-33(4,46)15-43)48-17-34-8-5-9-44(34)14-18(36)13-34/h6-7,12,18,46H,5,8-11,13-17H2,1-4H3,(H,40,42,45)/t18-,33?,34+/m1/s1. The first-order chi connectivity index (χ1) is 23.6. The van der Waals surface area contributed by atoms with Crippen LogP contribution in [0.15, 0.2) is 18.2 Å². The van der Waals surface area contributed by atoms with E-state index >= 15 is 8.78 Å². The topological polar surface area (TPSA) is 122 Å². The molecule has 16 heteroatoms. The van der Waals surface area contributed by atoms with Crippen LogP contribution in [0, 0.1) is 11.6 Å². The summed E-state index contributed by atoms with van der Waals surface area (Å²) >= 11 is 7.71. The minimum atomic E-state index is -1.24. The van der Waals surface area contributed by atoms with E-state index in [-0.39, 0.29) is 80.6 Å². The maximum absolute atomic E-state index is 17.0. The van der Waals surface area contributed by atoms with Crippen molar-refractivity contribution in [2.24, 2.45) is 0 Å². The van der Waals surface area contributed by atoms with Crippen molar-refractivity contribution in [3.63, 3.8) is 0 Å². The number of carbonyl (C=O) groups excluding carboxylic acids is 1. The minimum absolute atomic E-state index is 0.0191. The molecule has 11 nitrogen and oxygen atoms in total. The average Bonchev–Trinajstić information content (AvgIpc) is 3.66. The molecule has 268 valence electrons. The quantitative estimate of drug-likeness (QED) is 0.221. The second-order valence-electron chi connectivity index (χ2n) is 14.5. The lowest BCUT2D eigenvalue weighted by Crippen LogP contribution is -2.44. The molecule has 3 atom stereocenters. The van der Waals surface area contributed by atoms with Gasteiger partial charge < -0.3 is 24.2 Å². The second kappa shape index (κ2) is 12.9. The summed E-state index contributed by atoms with van der Waals surface area (Å²) in [6.07, 6.45) is 0.256. The number of amides is 1. The number of benzene rings is 2. The van der Waals surface area contributed by atoms with Crippen LogP contribution < -0.4 is 15.0 Å². The van der Waals surface area contributed by atoms with E-state index in [1.807, 2.05) is 0 Å². The van der Waals surface area contributed by atoms with E-state index in [1.165, 1.54) is 18.2 Å². The number of fused-ring (bicyclic) bond motifs is 3. The largest absolute Gasteiger partial charge is 0.461 e. The second-order valence-corrected chi connectivity index (χ2v) is 15.9. The molecule has 0 radical (unpaired) electrons. The number of aromatic nitrogens is 3. The smallest absolute Gasteiger partial charge is 0.413 e. The van der Waals surface area contributed by atoms with Crippen LogP contribution in [0.1, 0.15) is 47.0 Å². The number of nitrogens with zero attached hydrogens (tertiary/aromatic N) is 5. The van der Waals surface area contributed by atoms with E-state index in [0.29, 0.717) is 19.5 Å². The lowest BCUT2D eigenvalue weighted by atomic mass is 9.95. The van der Waals surface area contributed by atoms with E-state index in [1.54, 1.807) is 32.6 Å². The molecule has 0 bridgehead atoms. The summed E-state index contributed by atoms with van der Waals surface area (Å²) in [5.41, 5.74) is -2.47. The number of hydrogen-bond donors (Lipinski definition) is 2. The molecule has 3 aliphatic rings. The van der Waals surface area contributed by atoms with Crippen molar-refractivity contribution in [2.45, 2.75) is 69.9 Å². The van der Waals surface area contributed by atoms with Crippen LogP contribution in [0.2, 0.25) is 5.02 Å². The Hall–Kier alpha value is -3.50. The Kier molecular flexibility index (Phi) is 9.03. The maximum Gasteiger partial charge on any atom is 0.413 e. The van der Waals surface area contributed by atoms with Crippen molar-refractivity contribution >= 4 is 61.1 Å². The molecule has 0 spiro atoms. The van der Waals surface area contributed by atoms with Crippen LogP contribution in [0.3, 0.4) is 0 Å². The zero-order valence-electron chi connectivity index (χ0n) is 28.1. The fourth-order valence-corrected chi connectivity index (χ4v) is 8.34. The van der Waals surface area contributed by atoms with E-state index in [9.17, 15) is 14.3 Å². The van der Waals surface area contributed by atoms with Crippen molar-refractivity contribution in [1.82, 2.24) is 19.9 Å². The molecule has 0 aliphatic carbocycles. The third-order valence-corrected chi connectivity index (χ3v) is 10.5. The molecule has 3 saturated heterocycles. The van der Waals surface area contributed by atoms with Gasteiger partial charge in [-0.25, -0.2) is 22.9 Å².